The third kappa shape index (κ3) is 3.09. The summed E-state index contributed by atoms with van der Waals surface area (Å²) in [6.07, 6.45) is 1.01. The van der Waals surface area contributed by atoms with Crippen LogP contribution in [0.1, 0.15) is 13.8 Å². The lowest BCUT2D eigenvalue weighted by molar-refractivity contribution is -0.131. The van der Waals surface area contributed by atoms with E-state index in [1.165, 1.54) is 13.8 Å². The SMILES string of the molecule is C=CC(=O)NC(C(C)=O)C(C)=O. The van der Waals surface area contributed by atoms with Gasteiger partial charge in [0.15, 0.2) is 11.6 Å². The van der Waals surface area contributed by atoms with Crippen molar-refractivity contribution in [3.8, 4) is 0 Å². The van der Waals surface area contributed by atoms with E-state index in [-0.39, 0.29) is 11.6 Å². The van der Waals surface area contributed by atoms with Crippen molar-refractivity contribution in [2.24, 2.45) is 0 Å². The van der Waals surface area contributed by atoms with Crippen LogP contribution in [0.2, 0.25) is 0 Å². The zero-order valence-electron chi connectivity index (χ0n) is 7.09. The van der Waals surface area contributed by atoms with E-state index >= 15 is 0 Å². The van der Waals surface area contributed by atoms with Crippen molar-refractivity contribution in [3.05, 3.63) is 12.7 Å². The van der Waals surface area contributed by atoms with Gasteiger partial charge in [0.2, 0.25) is 5.91 Å². The van der Waals surface area contributed by atoms with Gasteiger partial charge in [-0.3, -0.25) is 14.4 Å². The highest BCUT2D eigenvalue weighted by Gasteiger charge is 2.19. The lowest BCUT2D eigenvalue weighted by Gasteiger charge is -2.09. The van der Waals surface area contributed by atoms with Gasteiger partial charge in [-0.15, -0.1) is 0 Å². The Morgan fingerprint density at radius 3 is 1.92 bits per heavy atom. The highest BCUT2D eigenvalue weighted by atomic mass is 16.2. The maximum Gasteiger partial charge on any atom is 0.244 e. The normalized spacial score (nSPS) is 9.25. The van der Waals surface area contributed by atoms with E-state index in [4.69, 9.17) is 0 Å². The molecule has 66 valence electrons. The van der Waals surface area contributed by atoms with Crippen LogP contribution in [-0.2, 0) is 14.4 Å². The predicted molar refractivity (Wildman–Crippen MR) is 43.5 cm³/mol. The van der Waals surface area contributed by atoms with E-state index in [1.807, 2.05) is 0 Å². The molecule has 0 rings (SSSR count). The van der Waals surface area contributed by atoms with Gasteiger partial charge in [0, 0.05) is 0 Å². The number of Topliss-reactive ketones (excluding diaryl/α,β-unsaturated/α-hetero) is 2. The number of nitrogens with one attached hydrogen (secondary N) is 1. The fourth-order valence-corrected chi connectivity index (χ4v) is 0.691. The monoisotopic (exact) mass is 169 g/mol. The maximum atomic E-state index is 10.8. The van der Waals surface area contributed by atoms with E-state index < -0.39 is 11.9 Å². The first-order chi connectivity index (χ1) is 5.49. The van der Waals surface area contributed by atoms with E-state index in [0.717, 1.165) is 6.08 Å². The van der Waals surface area contributed by atoms with Crippen LogP contribution in [0.25, 0.3) is 0 Å². The summed E-state index contributed by atoms with van der Waals surface area (Å²) in [4.78, 5) is 32.2. The molecule has 0 aliphatic heterocycles. The molecule has 0 bridgehead atoms. The average Bonchev–Trinajstić information content (AvgIpc) is 1.98. The van der Waals surface area contributed by atoms with Gasteiger partial charge in [-0.25, -0.2) is 0 Å². The summed E-state index contributed by atoms with van der Waals surface area (Å²) in [5, 5.41) is 2.21. The van der Waals surface area contributed by atoms with Crippen LogP contribution in [-0.4, -0.2) is 23.5 Å². The zero-order chi connectivity index (χ0) is 9.72. The Kier molecular flexibility index (Phi) is 3.90. The first-order valence-corrected chi connectivity index (χ1v) is 3.43. The van der Waals surface area contributed by atoms with Crippen LogP contribution in [0.15, 0.2) is 12.7 Å². The molecule has 0 heterocycles. The van der Waals surface area contributed by atoms with Crippen LogP contribution in [0.3, 0.4) is 0 Å². The minimum absolute atomic E-state index is 0.377. The largest absolute Gasteiger partial charge is 0.336 e. The second-order valence-electron chi connectivity index (χ2n) is 2.37. The first-order valence-electron chi connectivity index (χ1n) is 3.43. The molecule has 0 aromatic rings. The number of carbonyl (C=O) groups excluding carboxylic acids is 3. The molecule has 0 saturated heterocycles. The molecule has 0 unspecified atom stereocenters. The fourth-order valence-electron chi connectivity index (χ4n) is 0.691. The van der Waals surface area contributed by atoms with Crippen LogP contribution < -0.4 is 5.32 Å². The summed E-state index contributed by atoms with van der Waals surface area (Å²) in [5.74, 6) is -1.28. The molecule has 0 spiro atoms. The van der Waals surface area contributed by atoms with E-state index in [1.54, 1.807) is 0 Å². The number of hydrogen-bond acceptors (Lipinski definition) is 3. The summed E-state index contributed by atoms with van der Waals surface area (Å²) in [6.45, 7) is 5.69. The summed E-state index contributed by atoms with van der Waals surface area (Å²) >= 11 is 0. The molecule has 0 atom stereocenters. The highest BCUT2D eigenvalue weighted by Crippen LogP contribution is 1.88. The summed E-state index contributed by atoms with van der Waals surface area (Å²) in [6, 6.07) is -1.03. The molecule has 0 aromatic heterocycles. The molecule has 12 heavy (non-hydrogen) atoms. The average molecular weight is 169 g/mol. The molecule has 1 N–H and O–H groups in total. The molecule has 4 heteroatoms. The number of rotatable bonds is 4. The number of ketones is 2. The van der Waals surface area contributed by atoms with Crippen molar-refractivity contribution in [1.82, 2.24) is 5.32 Å². The van der Waals surface area contributed by atoms with E-state index in [0.29, 0.717) is 0 Å². The van der Waals surface area contributed by atoms with Gasteiger partial charge in [0.25, 0.3) is 0 Å². The summed E-state index contributed by atoms with van der Waals surface area (Å²) in [7, 11) is 0. The molecule has 0 fully saturated rings. The van der Waals surface area contributed by atoms with Gasteiger partial charge >= 0.3 is 0 Å². The Morgan fingerprint density at radius 2 is 1.67 bits per heavy atom. The smallest absolute Gasteiger partial charge is 0.244 e. The van der Waals surface area contributed by atoms with Crippen LogP contribution in [0, 0.1) is 0 Å². The van der Waals surface area contributed by atoms with Gasteiger partial charge in [-0.05, 0) is 19.9 Å². The topological polar surface area (TPSA) is 63.2 Å². The van der Waals surface area contributed by atoms with E-state index in [2.05, 4.69) is 11.9 Å². The van der Waals surface area contributed by atoms with Crippen LogP contribution in [0.5, 0.6) is 0 Å². The van der Waals surface area contributed by atoms with E-state index in [9.17, 15) is 14.4 Å². The van der Waals surface area contributed by atoms with Crippen LogP contribution in [0.4, 0.5) is 0 Å². The highest BCUT2D eigenvalue weighted by molar-refractivity contribution is 6.07. The lowest BCUT2D eigenvalue weighted by atomic mass is 10.1. The summed E-state index contributed by atoms with van der Waals surface area (Å²) < 4.78 is 0. The Hall–Kier alpha value is -1.45. The van der Waals surface area contributed by atoms with Crippen molar-refractivity contribution in [3.63, 3.8) is 0 Å². The Labute approximate surface area is 70.6 Å². The lowest BCUT2D eigenvalue weighted by Crippen LogP contribution is -2.43. The maximum absolute atomic E-state index is 10.8. The van der Waals surface area contributed by atoms with Crippen molar-refractivity contribution < 1.29 is 14.4 Å². The fraction of sp³-hybridized carbons (Fsp3) is 0.375. The third-order valence-electron chi connectivity index (χ3n) is 1.29. The minimum Gasteiger partial charge on any atom is -0.336 e. The van der Waals surface area contributed by atoms with Gasteiger partial charge < -0.3 is 5.32 Å². The van der Waals surface area contributed by atoms with Gasteiger partial charge in [0.1, 0.15) is 6.04 Å². The summed E-state index contributed by atoms with van der Waals surface area (Å²) in [5.41, 5.74) is 0. The quantitative estimate of drug-likeness (QED) is 0.469. The molecule has 0 aliphatic rings. The minimum atomic E-state index is -1.03. The standard InChI is InChI=1S/C8H11NO3/c1-4-7(12)9-8(5(2)10)6(3)11/h4,8H,1H2,2-3H3,(H,9,12). The Bertz CT molecular complexity index is 218. The van der Waals surface area contributed by atoms with Crippen molar-refractivity contribution >= 4 is 17.5 Å². The zero-order valence-corrected chi connectivity index (χ0v) is 7.09. The van der Waals surface area contributed by atoms with Crippen LogP contribution >= 0.6 is 0 Å². The molecule has 0 aliphatic carbocycles. The second-order valence-corrected chi connectivity index (χ2v) is 2.37. The van der Waals surface area contributed by atoms with Crippen molar-refractivity contribution in [2.45, 2.75) is 19.9 Å². The van der Waals surface area contributed by atoms with Gasteiger partial charge in [-0.2, -0.15) is 0 Å². The number of hydrogen-bond donors (Lipinski definition) is 1. The first kappa shape index (κ1) is 10.6. The third-order valence-corrected chi connectivity index (χ3v) is 1.29. The number of carbonyl (C=O) groups is 3. The molecular weight excluding hydrogens is 158 g/mol. The Balaban J connectivity index is 4.34. The molecule has 0 aromatic carbocycles. The second kappa shape index (κ2) is 4.43. The molecule has 0 saturated carbocycles. The molecular formula is C8H11NO3. The van der Waals surface area contributed by atoms with Crippen molar-refractivity contribution in [2.75, 3.05) is 0 Å². The number of amides is 1. The van der Waals surface area contributed by atoms with Crippen molar-refractivity contribution in [1.29, 1.82) is 0 Å². The molecule has 4 nitrogen and oxygen atoms in total. The molecule has 1 amide bonds. The predicted octanol–water partition coefficient (Wildman–Crippen LogP) is -0.165. The molecule has 0 radical (unpaired) electrons. The Morgan fingerprint density at radius 1 is 1.25 bits per heavy atom. The van der Waals surface area contributed by atoms with Gasteiger partial charge in [0.05, 0.1) is 0 Å². The van der Waals surface area contributed by atoms with Gasteiger partial charge in [-0.1, -0.05) is 6.58 Å².